The number of carbonyl (C=O) groups is 4. The summed E-state index contributed by atoms with van der Waals surface area (Å²) in [4.78, 5) is 68.4. The zero-order valence-electron chi connectivity index (χ0n) is 30.9. The molecule has 4 aromatic rings. The Balaban J connectivity index is 0.00000181. The molecule has 17 nitrogen and oxygen atoms in total. The molecule has 1 atom stereocenters. The minimum atomic E-state index is -0.359. The van der Waals surface area contributed by atoms with Gasteiger partial charge in [0.25, 0.3) is 12.4 Å². The first-order valence-corrected chi connectivity index (χ1v) is 17.7. The Morgan fingerprint density at radius 3 is 2.50 bits per heavy atom. The van der Waals surface area contributed by atoms with E-state index in [-0.39, 0.29) is 74.8 Å². The number of piperidine rings is 1. The van der Waals surface area contributed by atoms with Gasteiger partial charge in [0.1, 0.15) is 11.6 Å². The van der Waals surface area contributed by atoms with Gasteiger partial charge in [0, 0.05) is 100 Å². The highest BCUT2D eigenvalue weighted by atomic mass is 16.5. The van der Waals surface area contributed by atoms with Gasteiger partial charge in [-0.15, -0.1) is 0 Å². The molecule has 0 aliphatic carbocycles. The van der Waals surface area contributed by atoms with Crippen molar-refractivity contribution in [2.24, 2.45) is 5.92 Å². The summed E-state index contributed by atoms with van der Waals surface area (Å²) in [6.07, 6.45) is 7.38. The van der Waals surface area contributed by atoms with E-state index >= 15 is 0 Å². The number of nitrogens with zero attached hydrogens (tertiary/aromatic N) is 7. The Labute approximate surface area is 312 Å². The number of aryl methyl sites for hydroxylation is 2. The molecule has 1 unspecified atom stereocenters. The van der Waals surface area contributed by atoms with Gasteiger partial charge in [0.15, 0.2) is 17.2 Å². The summed E-state index contributed by atoms with van der Waals surface area (Å²) in [6, 6.07) is 5.40. The quantitative estimate of drug-likeness (QED) is 0.261. The number of methoxy groups -OCH3 is 3. The lowest BCUT2D eigenvalue weighted by Crippen LogP contribution is -2.42. The number of fused-ring (bicyclic) bond motifs is 5. The molecule has 2 bridgehead atoms. The first-order valence-electron chi connectivity index (χ1n) is 17.7. The molecule has 1 fully saturated rings. The average Bonchev–Trinajstić information content (AvgIpc) is 3.63. The number of carbonyl (C=O) groups excluding carboxylic acids is 3. The molecule has 2 aliphatic heterocycles. The van der Waals surface area contributed by atoms with Crippen LogP contribution < -0.4 is 24.4 Å². The number of benzene rings is 1. The summed E-state index contributed by atoms with van der Waals surface area (Å²) in [5.74, 6) is 2.13. The lowest BCUT2D eigenvalue weighted by molar-refractivity contribution is -0.132. The Hall–Kier alpha value is -6.00. The van der Waals surface area contributed by atoms with Gasteiger partial charge in [0.2, 0.25) is 17.6 Å². The van der Waals surface area contributed by atoms with Crippen LogP contribution in [-0.2, 0) is 27.3 Å². The highest BCUT2D eigenvalue weighted by molar-refractivity contribution is 5.94. The van der Waals surface area contributed by atoms with Crippen molar-refractivity contribution in [1.82, 2.24) is 35.2 Å². The average molecular weight is 747 g/mol. The zero-order valence-corrected chi connectivity index (χ0v) is 30.9. The molecule has 288 valence electrons. The normalized spacial score (nSPS) is 16.5. The number of pyridine rings is 1. The fourth-order valence-corrected chi connectivity index (χ4v) is 6.76. The molecule has 1 saturated heterocycles. The van der Waals surface area contributed by atoms with Crippen LogP contribution in [0.4, 0.5) is 5.82 Å². The van der Waals surface area contributed by atoms with Crippen LogP contribution in [-0.4, -0.2) is 120 Å². The Morgan fingerprint density at radius 1 is 1.04 bits per heavy atom. The Kier molecular flexibility index (Phi) is 13.6. The molecular weight excluding hydrogens is 700 g/mol. The van der Waals surface area contributed by atoms with Crippen LogP contribution in [0.25, 0.3) is 10.9 Å². The van der Waals surface area contributed by atoms with Crippen molar-refractivity contribution < 1.29 is 43.0 Å². The molecule has 17 heteroatoms. The number of nitrogens with one attached hydrogen (secondary N) is 1. The maximum Gasteiger partial charge on any atom is 0.290 e. The standard InChI is InChI=1S/C36H44N8O7.CH2O2/c1-23-16-29(41-51-23)36(47)44-15-14-42(32(46)8-7-26-20-37-10-11-38-26)13-9-31(45)39-19-24-6-5-12-43(21-24)35-25(22-44)17-27-28(40-35)18-30(48-2)34(50-4)33(27)49-3;2-1-3/h10-11,16-18,20,24H,5-9,12-15,19,21-22H2,1-4H3,(H,39,45);1H,(H,2,3). The summed E-state index contributed by atoms with van der Waals surface area (Å²) in [6.45, 7) is 4.11. The number of anilines is 1. The summed E-state index contributed by atoms with van der Waals surface area (Å²) in [7, 11) is 4.68. The van der Waals surface area contributed by atoms with Gasteiger partial charge >= 0.3 is 0 Å². The molecule has 5 heterocycles. The Bertz CT molecular complexity index is 1920. The van der Waals surface area contributed by atoms with Crippen LogP contribution in [0.2, 0.25) is 0 Å². The van der Waals surface area contributed by atoms with Crippen molar-refractivity contribution >= 4 is 40.9 Å². The van der Waals surface area contributed by atoms with E-state index in [0.29, 0.717) is 64.9 Å². The third-order valence-electron chi connectivity index (χ3n) is 9.39. The first kappa shape index (κ1) is 39.2. The fourth-order valence-electron chi connectivity index (χ4n) is 6.76. The van der Waals surface area contributed by atoms with Gasteiger partial charge in [-0.05, 0) is 38.2 Å². The third kappa shape index (κ3) is 9.50. The second kappa shape index (κ2) is 18.7. The molecule has 3 amide bonds. The van der Waals surface area contributed by atoms with Gasteiger partial charge in [-0.1, -0.05) is 5.16 Å². The minimum Gasteiger partial charge on any atom is -0.493 e. The third-order valence-corrected chi connectivity index (χ3v) is 9.39. The number of hydrogen-bond donors (Lipinski definition) is 2. The number of amides is 3. The number of aromatic nitrogens is 4. The SMILES string of the molecule is COc1cc2nc3c(cc2c(OC)c1OC)CN(C(=O)c1cc(C)on1)CCN(C(=O)CCc1cnccn1)CCC(=O)NCC1CCCN3C1.O=CO. The van der Waals surface area contributed by atoms with Crippen LogP contribution in [0.5, 0.6) is 17.2 Å². The van der Waals surface area contributed by atoms with E-state index in [0.717, 1.165) is 24.9 Å². The molecule has 1 aromatic carbocycles. The van der Waals surface area contributed by atoms with E-state index < -0.39 is 0 Å². The molecular formula is C37H46N8O9. The van der Waals surface area contributed by atoms with E-state index in [1.807, 2.05) is 12.1 Å². The molecule has 0 spiro atoms. The minimum absolute atomic E-state index is 0.127. The number of ether oxygens (including phenoxy) is 3. The molecule has 2 N–H and O–H groups in total. The molecule has 3 aromatic heterocycles. The lowest BCUT2D eigenvalue weighted by Gasteiger charge is -2.35. The zero-order chi connectivity index (χ0) is 38.6. The number of hydrogen-bond acceptors (Lipinski definition) is 13. The second-order valence-electron chi connectivity index (χ2n) is 12.9. The van der Waals surface area contributed by atoms with Crippen molar-refractivity contribution in [1.29, 1.82) is 0 Å². The number of carboxylic acid groups (broad SMARTS) is 1. The van der Waals surface area contributed by atoms with Gasteiger partial charge in [-0.25, -0.2) is 4.98 Å². The maximum atomic E-state index is 14.2. The molecule has 54 heavy (non-hydrogen) atoms. The van der Waals surface area contributed by atoms with Crippen LogP contribution in [0.3, 0.4) is 0 Å². The lowest BCUT2D eigenvalue weighted by atomic mass is 9.97. The van der Waals surface area contributed by atoms with E-state index in [4.69, 9.17) is 33.6 Å². The topological polar surface area (TPSA) is 203 Å². The summed E-state index contributed by atoms with van der Waals surface area (Å²) in [5, 5.41) is 14.7. The van der Waals surface area contributed by atoms with Crippen LogP contribution in [0, 0.1) is 12.8 Å². The monoisotopic (exact) mass is 746 g/mol. The van der Waals surface area contributed by atoms with Crippen molar-refractivity contribution in [3.8, 4) is 17.2 Å². The van der Waals surface area contributed by atoms with E-state index in [9.17, 15) is 14.4 Å². The van der Waals surface area contributed by atoms with Gasteiger partial charge in [-0.3, -0.25) is 29.1 Å². The summed E-state index contributed by atoms with van der Waals surface area (Å²) < 4.78 is 22.4. The van der Waals surface area contributed by atoms with E-state index in [1.165, 1.54) is 0 Å². The predicted octanol–water partition coefficient (Wildman–Crippen LogP) is 2.89. The molecule has 0 radical (unpaired) electrons. The van der Waals surface area contributed by atoms with Crippen molar-refractivity contribution in [3.05, 3.63) is 59.5 Å². The molecule has 0 saturated carbocycles. The highest BCUT2D eigenvalue weighted by Crippen LogP contribution is 2.44. The Morgan fingerprint density at radius 2 is 1.81 bits per heavy atom. The van der Waals surface area contributed by atoms with Gasteiger partial charge < -0.3 is 43.9 Å². The van der Waals surface area contributed by atoms with Crippen molar-refractivity contribution in [2.45, 2.75) is 45.6 Å². The van der Waals surface area contributed by atoms with Crippen molar-refractivity contribution in [3.63, 3.8) is 0 Å². The summed E-state index contributed by atoms with van der Waals surface area (Å²) in [5.41, 5.74) is 2.27. The van der Waals surface area contributed by atoms with Gasteiger partial charge in [0.05, 0.1) is 32.5 Å². The van der Waals surface area contributed by atoms with Gasteiger partial charge in [-0.2, -0.15) is 0 Å². The maximum absolute atomic E-state index is 14.2. The first-order chi connectivity index (χ1) is 26.2. The predicted molar refractivity (Wildman–Crippen MR) is 196 cm³/mol. The van der Waals surface area contributed by atoms with Crippen LogP contribution in [0.1, 0.15) is 53.2 Å². The summed E-state index contributed by atoms with van der Waals surface area (Å²) >= 11 is 0. The number of rotatable bonds is 7. The second-order valence-corrected chi connectivity index (χ2v) is 12.9. The fraction of sp³-hybridized carbons (Fsp3) is 0.459. The van der Waals surface area contributed by atoms with E-state index in [2.05, 4.69) is 25.3 Å². The largest absolute Gasteiger partial charge is 0.493 e. The van der Waals surface area contributed by atoms with Crippen LogP contribution in [0.15, 0.2) is 41.3 Å². The molecule has 2 aliphatic rings. The smallest absolute Gasteiger partial charge is 0.290 e. The molecule has 6 rings (SSSR count). The van der Waals surface area contributed by atoms with Crippen molar-refractivity contribution in [2.75, 3.05) is 65.5 Å². The highest BCUT2D eigenvalue weighted by Gasteiger charge is 2.29. The van der Waals surface area contributed by atoms with E-state index in [1.54, 1.807) is 62.7 Å². The van der Waals surface area contributed by atoms with Crippen LogP contribution >= 0.6 is 0 Å².